The molecule has 1 atom stereocenters. The van der Waals surface area contributed by atoms with Gasteiger partial charge in [0.1, 0.15) is 5.75 Å². The molecule has 130 valence electrons. The van der Waals surface area contributed by atoms with Crippen LogP contribution in [-0.2, 0) is 16.4 Å². The Morgan fingerprint density at radius 2 is 1.71 bits per heavy atom. The molecule has 4 nitrogen and oxygen atoms in total. The van der Waals surface area contributed by atoms with E-state index in [9.17, 15) is 8.42 Å². The van der Waals surface area contributed by atoms with E-state index in [0.29, 0.717) is 11.3 Å². The van der Waals surface area contributed by atoms with E-state index in [0.717, 1.165) is 17.5 Å². The number of methoxy groups -OCH3 is 1. The summed E-state index contributed by atoms with van der Waals surface area (Å²) < 4.78 is 33.5. The molecule has 1 N–H and O–H groups in total. The van der Waals surface area contributed by atoms with Gasteiger partial charge < -0.3 is 4.74 Å². The van der Waals surface area contributed by atoms with Crippen molar-refractivity contribution in [1.29, 1.82) is 0 Å². The number of benzene rings is 2. The normalized spacial score (nSPS) is 12.9. The number of nitrogens with one attached hydrogen (secondary N) is 1. The molecule has 0 fully saturated rings. The van der Waals surface area contributed by atoms with Gasteiger partial charge in [0, 0.05) is 6.04 Å². The van der Waals surface area contributed by atoms with Gasteiger partial charge in [0.2, 0.25) is 10.0 Å². The number of aryl methyl sites for hydroxylation is 3. The molecule has 2 rings (SSSR count). The summed E-state index contributed by atoms with van der Waals surface area (Å²) in [5.74, 6) is 0.689. The summed E-state index contributed by atoms with van der Waals surface area (Å²) in [6, 6.07) is 11.1. The summed E-state index contributed by atoms with van der Waals surface area (Å²) in [5, 5.41) is 0. The molecule has 0 aliphatic heterocycles. The third kappa shape index (κ3) is 3.97. The molecule has 0 aromatic heterocycles. The van der Waals surface area contributed by atoms with Crippen LogP contribution in [-0.4, -0.2) is 15.5 Å². The first-order valence-electron chi connectivity index (χ1n) is 8.05. The zero-order chi connectivity index (χ0) is 17.9. The third-order valence-corrected chi connectivity index (χ3v) is 5.88. The number of ether oxygens (including phenoxy) is 1. The lowest BCUT2D eigenvalue weighted by atomic mass is 10.1. The van der Waals surface area contributed by atoms with Gasteiger partial charge in [0.25, 0.3) is 0 Å². The van der Waals surface area contributed by atoms with Crippen LogP contribution in [0.3, 0.4) is 0 Å². The Morgan fingerprint density at radius 3 is 2.25 bits per heavy atom. The van der Waals surface area contributed by atoms with Gasteiger partial charge in [-0.1, -0.05) is 31.2 Å². The average Bonchev–Trinajstić information content (AvgIpc) is 2.56. The van der Waals surface area contributed by atoms with Crippen molar-refractivity contribution < 1.29 is 13.2 Å². The predicted molar refractivity (Wildman–Crippen MR) is 97.0 cm³/mol. The van der Waals surface area contributed by atoms with Gasteiger partial charge >= 0.3 is 0 Å². The van der Waals surface area contributed by atoms with E-state index in [1.165, 1.54) is 5.56 Å². The van der Waals surface area contributed by atoms with Gasteiger partial charge in [-0.3, -0.25) is 0 Å². The highest BCUT2D eigenvalue weighted by atomic mass is 32.2. The Bertz CT molecular complexity index is 811. The first kappa shape index (κ1) is 18.5. The molecule has 0 aliphatic rings. The highest BCUT2D eigenvalue weighted by Gasteiger charge is 2.21. The lowest BCUT2D eigenvalue weighted by molar-refractivity contribution is 0.411. The number of rotatable bonds is 6. The van der Waals surface area contributed by atoms with Gasteiger partial charge in [0.15, 0.2) is 0 Å². The van der Waals surface area contributed by atoms with Crippen molar-refractivity contribution in [3.63, 3.8) is 0 Å². The minimum absolute atomic E-state index is 0.290. The Labute approximate surface area is 144 Å². The number of sulfonamides is 1. The SMILES string of the molecule is CCc1ccc([C@@H](C)NS(=O)(=O)c2cc(C)c(OC)cc2C)cc1. The first-order chi connectivity index (χ1) is 11.3. The Morgan fingerprint density at radius 1 is 1.08 bits per heavy atom. The van der Waals surface area contributed by atoms with Gasteiger partial charge in [0.05, 0.1) is 12.0 Å². The van der Waals surface area contributed by atoms with E-state index in [2.05, 4.69) is 11.6 Å². The van der Waals surface area contributed by atoms with E-state index < -0.39 is 10.0 Å². The van der Waals surface area contributed by atoms with Crippen LogP contribution in [0.4, 0.5) is 0 Å². The highest BCUT2D eigenvalue weighted by Crippen LogP contribution is 2.26. The lowest BCUT2D eigenvalue weighted by Gasteiger charge is -2.17. The molecule has 0 amide bonds. The van der Waals surface area contributed by atoms with Gasteiger partial charge in [-0.15, -0.1) is 0 Å². The highest BCUT2D eigenvalue weighted by molar-refractivity contribution is 7.89. The molecule has 0 saturated heterocycles. The quantitative estimate of drug-likeness (QED) is 0.862. The van der Waals surface area contributed by atoms with E-state index >= 15 is 0 Å². The third-order valence-electron chi connectivity index (χ3n) is 4.20. The Kier molecular flexibility index (Phi) is 5.67. The Hall–Kier alpha value is -1.85. The maximum absolute atomic E-state index is 12.8. The minimum Gasteiger partial charge on any atom is -0.496 e. The van der Waals surface area contributed by atoms with Crippen molar-refractivity contribution in [2.45, 2.75) is 45.1 Å². The van der Waals surface area contributed by atoms with E-state index in [4.69, 9.17) is 4.74 Å². The summed E-state index contributed by atoms with van der Waals surface area (Å²) in [6.07, 6.45) is 0.963. The molecule has 0 spiro atoms. The van der Waals surface area contributed by atoms with Crippen LogP contribution >= 0.6 is 0 Å². The molecule has 0 radical (unpaired) electrons. The second-order valence-corrected chi connectivity index (χ2v) is 7.71. The fraction of sp³-hybridized carbons (Fsp3) is 0.368. The largest absolute Gasteiger partial charge is 0.496 e. The smallest absolute Gasteiger partial charge is 0.241 e. The zero-order valence-corrected chi connectivity index (χ0v) is 15.7. The van der Waals surface area contributed by atoms with Crippen LogP contribution in [0.5, 0.6) is 5.75 Å². The van der Waals surface area contributed by atoms with Crippen molar-refractivity contribution in [1.82, 2.24) is 4.72 Å². The molecule has 0 aliphatic carbocycles. The van der Waals surface area contributed by atoms with E-state index in [1.54, 1.807) is 26.2 Å². The second kappa shape index (κ2) is 7.36. The Balaban J connectivity index is 2.28. The average molecular weight is 347 g/mol. The number of hydrogen-bond acceptors (Lipinski definition) is 3. The summed E-state index contributed by atoms with van der Waals surface area (Å²) in [5.41, 5.74) is 3.64. The van der Waals surface area contributed by atoms with Crippen LogP contribution in [0.2, 0.25) is 0 Å². The van der Waals surface area contributed by atoms with Crippen LogP contribution in [0.1, 0.15) is 42.1 Å². The van der Waals surface area contributed by atoms with Crippen molar-refractivity contribution in [3.8, 4) is 5.75 Å². The molecule has 0 bridgehead atoms. The fourth-order valence-electron chi connectivity index (χ4n) is 2.68. The van der Waals surface area contributed by atoms with Crippen LogP contribution in [0, 0.1) is 13.8 Å². The van der Waals surface area contributed by atoms with Crippen molar-refractivity contribution in [2.75, 3.05) is 7.11 Å². The predicted octanol–water partition coefficient (Wildman–Crippen LogP) is 3.91. The monoisotopic (exact) mass is 347 g/mol. The van der Waals surface area contributed by atoms with Crippen LogP contribution < -0.4 is 9.46 Å². The van der Waals surface area contributed by atoms with E-state index in [-0.39, 0.29) is 10.9 Å². The summed E-state index contributed by atoms with van der Waals surface area (Å²) in [6.45, 7) is 7.56. The van der Waals surface area contributed by atoms with Crippen LogP contribution in [0.25, 0.3) is 0 Å². The van der Waals surface area contributed by atoms with Crippen molar-refractivity contribution >= 4 is 10.0 Å². The molecular weight excluding hydrogens is 322 g/mol. The lowest BCUT2D eigenvalue weighted by Crippen LogP contribution is -2.27. The second-order valence-electron chi connectivity index (χ2n) is 6.03. The maximum atomic E-state index is 12.8. The minimum atomic E-state index is -3.61. The molecule has 5 heteroatoms. The molecule has 24 heavy (non-hydrogen) atoms. The van der Waals surface area contributed by atoms with Gasteiger partial charge in [-0.25, -0.2) is 13.1 Å². The first-order valence-corrected chi connectivity index (χ1v) is 9.53. The van der Waals surface area contributed by atoms with Crippen LogP contribution in [0.15, 0.2) is 41.3 Å². The molecule has 2 aromatic carbocycles. The summed E-state index contributed by atoms with van der Waals surface area (Å²) in [7, 11) is -2.03. The van der Waals surface area contributed by atoms with Crippen molar-refractivity contribution in [3.05, 3.63) is 58.7 Å². The van der Waals surface area contributed by atoms with Gasteiger partial charge in [-0.05, 0) is 61.6 Å². The fourth-order valence-corrected chi connectivity index (χ4v) is 4.22. The topological polar surface area (TPSA) is 55.4 Å². The summed E-state index contributed by atoms with van der Waals surface area (Å²) >= 11 is 0. The zero-order valence-electron chi connectivity index (χ0n) is 14.9. The standard InChI is InChI=1S/C19H25NO3S/c1-6-16-7-9-17(10-8-16)15(4)20-24(21,22)19-12-13(2)18(23-5)11-14(19)3/h7-12,15,20H,6H2,1-5H3/t15-/m1/s1. The van der Waals surface area contributed by atoms with E-state index in [1.807, 2.05) is 38.1 Å². The molecule has 0 heterocycles. The molecule has 0 saturated carbocycles. The number of hydrogen-bond donors (Lipinski definition) is 1. The molecular formula is C19H25NO3S. The van der Waals surface area contributed by atoms with Crippen molar-refractivity contribution in [2.24, 2.45) is 0 Å². The summed E-state index contributed by atoms with van der Waals surface area (Å²) in [4.78, 5) is 0.290. The van der Waals surface area contributed by atoms with Gasteiger partial charge in [-0.2, -0.15) is 0 Å². The maximum Gasteiger partial charge on any atom is 0.241 e. The molecule has 0 unspecified atom stereocenters. The molecule has 2 aromatic rings.